The number of benzene rings is 2. The molecule has 5 nitrogen and oxygen atoms in total. The summed E-state index contributed by atoms with van der Waals surface area (Å²) >= 11 is 0. The van der Waals surface area contributed by atoms with Gasteiger partial charge in [0.15, 0.2) is 5.78 Å². The number of hydrogen-bond acceptors (Lipinski definition) is 3. The highest BCUT2D eigenvalue weighted by Gasteiger charge is 2.10. The average molecular weight is 483 g/mol. The first-order valence-corrected chi connectivity index (χ1v) is 13.5. The largest absolute Gasteiger partial charge is 0.324 e. The first-order valence-electron chi connectivity index (χ1n) is 13.5. The molecule has 36 heavy (non-hydrogen) atoms. The third kappa shape index (κ3) is 6.39. The maximum atomic E-state index is 12.8. The zero-order valence-electron chi connectivity index (χ0n) is 21.7. The number of carbonyl (C=O) groups excluding carboxylic acids is 1. The summed E-state index contributed by atoms with van der Waals surface area (Å²) in [4.78, 5) is 22.3. The molecule has 0 atom stereocenters. The Kier molecular flexibility index (Phi) is 9.26. The molecule has 0 bridgehead atoms. The number of nitrogens with zero attached hydrogens (tertiary/aromatic N) is 4. The van der Waals surface area contributed by atoms with E-state index in [0.717, 1.165) is 59.6 Å². The van der Waals surface area contributed by atoms with E-state index in [2.05, 4.69) is 35.1 Å². The number of allylic oxidation sites excluding steroid dienone is 2. The maximum absolute atomic E-state index is 12.8. The van der Waals surface area contributed by atoms with Gasteiger partial charge >= 0.3 is 0 Å². The number of aromatic nitrogens is 4. The van der Waals surface area contributed by atoms with Gasteiger partial charge in [0.1, 0.15) is 11.6 Å². The fourth-order valence-electron chi connectivity index (χ4n) is 4.68. The van der Waals surface area contributed by atoms with Crippen LogP contribution in [0.5, 0.6) is 0 Å². The monoisotopic (exact) mass is 482 g/mol. The van der Waals surface area contributed by atoms with Crippen molar-refractivity contribution in [3.05, 3.63) is 72.3 Å². The van der Waals surface area contributed by atoms with E-state index in [4.69, 9.17) is 9.97 Å². The van der Waals surface area contributed by atoms with Crippen LogP contribution in [0, 0.1) is 0 Å². The molecule has 0 N–H and O–H groups in total. The van der Waals surface area contributed by atoms with Crippen LogP contribution in [0.4, 0.5) is 0 Å². The van der Waals surface area contributed by atoms with E-state index in [1.807, 2.05) is 48.6 Å². The molecule has 0 saturated heterocycles. The predicted molar refractivity (Wildman–Crippen MR) is 151 cm³/mol. The second-order valence-electron chi connectivity index (χ2n) is 9.41. The second-order valence-corrected chi connectivity index (χ2v) is 9.41. The van der Waals surface area contributed by atoms with Crippen molar-refractivity contribution in [1.82, 2.24) is 19.1 Å². The van der Waals surface area contributed by atoms with Crippen LogP contribution in [0.2, 0.25) is 0 Å². The van der Waals surface area contributed by atoms with Crippen LogP contribution in [0.1, 0.15) is 76.9 Å². The smallest absolute Gasteiger partial charge is 0.178 e. The molecule has 0 saturated carbocycles. The van der Waals surface area contributed by atoms with Crippen LogP contribution in [0.3, 0.4) is 0 Å². The molecule has 0 amide bonds. The maximum Gasteiger partial charge on any atom is 0.178 e. The lowest BCUT2D eigenvalue weighted by Gasteiger charge is -2.07. The SMILES string of the molecule is CCCCCCn1c(/C=C/C(=O)/C=C/c2nc3ccccc3n2CCCCCC)nc2ccccc21. The molecule has 188 valence electrons. The average Bonchev–Trinajstić information content (AvgIpc) is 3.44. The molecule has 4 aromatic rings. The summed E-state index contributed by atoms with van der Waals surface area (Å²) in [7, 11) is 0. The number of carbonyl (C=O) groups is 1. The van der Waals surface area contributed by atoms with Crippen molar-refractivity contribution >= 4 is 40.0 Å². The quantitative estimate of drug-likeness (QED) is 0.136. The van der Waals surface area contributed by atoms with E-state index in [1.165, 1.54) is 38.5 Å². The molecule has 0 aliphatic rings. The Bertz CT molecular complexity index is 1240. The molecule has 0 unspecified atom stereocenters. The molecule has 0 spiro atoms. The fraction of sp³-hybridized carbons (Fsp3) is 0.387. The Morgan fingerprint density at radius 3 is 1.56 bits per heavy atom. The number of fused-ring (bicyclic) bond motifs is 2. The van der Waals surface area contributed by atoms with Crippen LogP contribution in [0.25, 0.3) is 34.2 Å². The zero-order chi connectivity index (χ0) is 25.2. The van der Waals surface area contributed by atoms with E-state index in [9.17, 15) is 4.79 Å². The first kappa shape index (κ1) is 25.6. The third-order valence-corrected chi connectivity index (χ3v) is 6.63. The van der Waals surface area contributed by atoms with Gasteiger partial charge in [-0.15, -0.1) is 0 Å². The molecule has 0 aliphatic carbocycles. The predicted octanol–water partition coefficient (Wildman–Crippen LogP) is 7.84. The lowest BCUT2D eigenvalue weighted by atomic mass is 10.2. The lowest BCUT2D eigenvalue weighted by molar-refractivity contribution is -0.110. The summed E-state index contributed by atoms with van der Waals surface area (Å²) in [5, 5.41) is 0. The molecule has 2 aromatic carbocycles. The van der Waals surface area contributed by atoms with Crippen molar-refractivity contribution in [1.29, 1.82) is 0 Å². The second kappa shape index (κ2) is 13.0. The zero-order valence-corrected chi connectivity index (χ0v) is 21.7. The van der Waals surface area contributed by atoms with E-state index in [0.29, 0.717) is 0 Å². The molecule has 4 rings (SSSR count). The van der Waals surface area contributed by atoms with Crippen LogP contribution in [-0.4, -0.2) is 24.9 Å². The van der Waals surface area contributed by atoms with Crippen LogP contribution in [0.15, 0.2) is 60.7 Å². The Balaban J connectivity index is 1.51. The van der Waals surface area contributed by atoms with Gasteiger partial charge in [0.2, 0.25) is 0 Å². The summed E-state index contributed by atoms with van der Waals surface area (Å²) in [6, 6.07) is 16.4. The molecule has 0 fully saturated rings. The Hall–Kier alpha value is -3.47. The molecule has 2 aromatic heterocycles. The van der Waals surface area contributed by atoms with E-state index in [-0.39, 0.29) is 5.78 Å². The number of aryl methyl sites for hydroxylation is 2. The van der Waals surface area contributed by atoms with Gasteiger partial charge in [0.05, 0.1) is 22.1 Å². The summed E-state index contributed by atoms with van der Waals surface area (Å²) < 4.78 is 4.46. The van der Waals surface area contributed by atoms with Gasteiger partial charge < -0.3 is 9.13 Å². The van der Waals surface area contributed by atoms with Gasteiger partial charge in [0.25, 0.3) is 0 Å². The number of hydrogen-bond donors (Lipinski definition) is 0. The highest BCUT2D eigenvalue weighted by Crippen LogP contribution is 2.20. The van der Waals surface area contributed by atoms with Crippen molar-refractivity contribution in [2.24, 2.45) is 0 Å². The molecule has 0 radical (unpaired) electrons. The van der Waals surface area contributed by atoms with Gasteiger partial charge in [-0.05, 0) is 61.4 Å². The van der Waals surface area contributed by atoms with E-state index in [1.54, 1.807) is 12.2 Å². The highest BCUT2D eigenvalue weighted by molar-refractivity contribution is 6.04. The normalized spacial score (nSPS) is 12.1. The minimum absolute atomic E-state index is 0.0656. The first-order chi connectivity index (χ1) is 17.7. The number of imidazole rings is 2. The molecular formula is C31H38N4O. The number of unbranched alkanes of at least 4 members (excludes halogenated alkanes) is 6. The summed E-state index contributed by atoms with van der Waals surface area (Å²) in [6.07, 6.45) is 16.5. The number of para-hydroxylation sites is 4. The van der Waals surface area contributed by atoms with E-state index < -0.39 is 0 Å². The molecule has 2 heterocycles. The minimum atomic E-state index is -0.0656. The Labute approximate surface area is 214 Å². The standard InChI is InChI=1S/C31H38N4O/c1-3-5-7-13-23-34-28-17-11-9-15-26(28)32-30(34)21-19-25(36)20-22-31-33-27-16-10-12-18-29(27)35(31)24-14-8-6-4-2/h9-12,15-22H,3-8,13-14,23-24H2,1-2H3/b21-19+,22-20+. The van der Waals surface area contributed by atoms with Crippen LogP contribution < -0.4 is 0 Å². The van der Waals surface area contributed by atoms with Gasteiger partial charge in [-0.25, -0.2) is 9.97 Å². The summed E-state index contributed by atoms with van der Waals surface area (Å²) in [5.74, 6) is 1.60. The van der Waals surface area contributed by atoms with Crippen molar-refractivity contribution in [2.75, 3.05) is 0 Å². The Morgan fingerprint density at radius 1 is 0.667 bits per heavy atom. The molecule has 0 aliphatic heterocycles. The van der Waals surface area contributed by atoms with Crippen molar-refractivity contribution in [3.63, 3.8) is 0 Å². The van der Waals surface area contributed by atoms with E-state index >= 15 is 0 Å². The van der Waals surface area contributed by atoms with Gasteiger partial charge in [-0.3, -0.25) is 4.79 Å². The highest BCUT2D eigenvalue weighted by atomic mass is 16.1. The van der Waals surface area contributed by atoms with Gasteiger partial charge in [0, 0.05) is 13.1 Å². The molecule has 5 heteroatoms. The summed E-state index contributed by atoms with van der Waals surface area (Å²) in [6.45, 7) is 6.27. The minimum Gasteiger partial charge on any atom is -0.324 e. The summed E-state index contributed by atoms with van der Waals surface area (Å²) in [5.41, 5.74) is 4.17. The van der Waals surface area contributed by atoms with Gasteiger partial charge in [-0.1, -0.05) is 76.6 Å². The fourth-order valence-corrected chi connectivity index (χ4v) is 4.68. The van der Waals surface area contributed by atoms with Gasteiger partial charge in [-0.2, -0.15) is 0 Å². The van der Waals surface area contributed by atoms with Crippen molar-refractivity contribution < 1.29 is 4.79 Å². The molecular weight excluding hydrogens is 444 g/mol. The lowest BCUT2D eigenvalue weighted by Crippen LogP contribution is -2.02. The van der Waals surface area contributed by atoms with Crippen molar-refractivity contribution in [2.45, 2.75) is 78.3 Å². The number of ketones is 1. The number of rotatable bonds is 14. The van der Waals surface area contributed by atoms with Crippen LogP contribution in [-0.2, 0) is 17.9 Å². The van der Waals surface area contributed by atoms with Crippen LogP contribution >= 0.6 is 0 Å². The Morgan fingerprint density at radius 2 is 1.11 bits per heavy atom. The van der Waals surface area contributed by atoms with Crippen molar-refractivity contribution in [3.8, 4) is 0 Å². The third-order valence-electron chi connectivity index (χ3n) is 6.63. The topological polar surface area (TPSA) is 52.7 Å².